The molecule has 1 aliphatic carbocycles. The standard InChI is InChI=1S/C21H23FN6.HI/c1-23-20(26-15-21(8-9-21)17-5-2-3-6-18(17)22)25-14-16-7-11-24-19(13-16)28-12-4-10-27-28;/h2-7,10-13H,8-9,14-15H2,1H3,(H2,23,25,26);1H. The maximum atomic E-state index is 14.2. The second kappa shape index (κ2) is 9.34. The third-order valence-electron chi connectivity index (χ3n) is 5.13. The molecule has 29 heavy (non-hydrogen) atoms. The summed E-state index contributed by atoms with van der Waals surface area (Å²) < 4.78 is 15.9. The molecule has 0 unspecified atom stereocenters. The summed E-state index contributed by atoms with van der Waals surface area (Å²) in [6.45, 7) is 1.26. The molecule has 3 aromatic rings. The Bertz CT molecular complexity index is 969. The van der Waals surface area contributed by atoms with E-state index in [1.807, 2.05) is 36.5 Å². The van der Waals surface area contributed by atoms with Gasteiger partial charge in [0.1, 0.15) is 5.82 Å². The van der Waals surface area contributed by atoms with Gasteiger partial charge in [-0.25, -0.2) is 14.1 Å². The smallest absolute Gasteiger partial charge is 0.191 e. The molecule has 8 heteroatoms. The SMILES string of the molecule is CN=C(NCc1ccnc(-n2cccn2)c1)NCC1(c2ccccc2F)CC1.I. The fraction of sp³-hybridized carbons (Fsp3) is 0.286. The Hall–Kier alpha value is -2.49. The number of halogens is 2. The van der Waals surface area contributed by atoms with Crippen LogP contribution in [-0.4, -0.2) is 34.3 Å². The number of guanidine groups is 1. The third kappa shape index (κ3) is 4.92. The quantitative estimate of drug-likeness (QED) is 0.306. The number of aliphatic imine (C=N–C) groups is 1. The first-order valence-electron chi connectivity index (χ1n) is 9.35. The molecule has 0 radical (unpaired) electrons. The van der Waals surface area contributed by atoms with E-state index in [1.54, 1.807) is 30.2 Å². The molecule has 0 saturated heterocycles. The zero-order valence-electron chi connectivity index (χ0n) is 16.2. The second-order valence-corrected chi connectivity index (χ2v) is 7.01. The lowest BCUT2D eigenvalue weighted by Crippen LogP contribution is -2.41. The minimum atomic E-state index is -0.132. The van der Waals surface area contributed by atoms with Crippen molar-refractivity contribution in [2.75, 3.05) is 13.6 Å². The first-order valence-corrected chi connectivity index (χ1v) is 9.35. The van der Waals surface area contributed by atoms with Gasteiger partial charge in [-0.3, -0.25) is 4.99 Å². The van der Waals surface area contributed by atoms with Gasteiger partial charge < -0.3 is 10.6 Å². The van der Waals surface area contributed by atoms with Gasteiger partial charge in [-0.05, 0) is 48.2 Å². The summed E-state index contributed by atoms with van der Waals surface area (Å²) in [6, 6.07) is 12.8. The molecule has 152 valence electrons. The number of benzene rings is 1. The summed E-state index contributed by atoms with van der Waals surface area (Å²) in [4.78, 5) is 8.63. The predicted octanol–water partition coefficient (Wildman–Crippen LogP) is 3.42. The minimum Gasteiger partial charge on any atom is -0.356 e. The van der Waals surface area contributed by atoms with Crippen LogP contribution in [0, 0.1) is 5.82 Å². The van der Waals surface area contributed by atoms with E-state index >= 15 is 0 Å². The Morgan fingerprint density at radius 3 is 2.69 bits per heavy atom. The van der Waals surface area contributed by atoms with E-state index in [0.29, 0.717) is 19.0 Å². The summed E-state index contributed by atoms with van der Waals surface area (Å²) in [7, 11) is 1.74. The molecule has 6 nitrogen and oxygen atoms in total. The molecule has 0 amide bonds. The van der Waals surface area contributed by atoms with Gasteiger partial charge in [0, 0.05) is 44.1 Å². The lowest BCUT2D eigenvalue weighted by Gasteiger charge is -2.19. The van der Waals surface area contributed by atoms with Gasteiger partial charge in [0.2, 0.25) is 0 Å². The second-order valence-electron chi connectivity index (χ2n) is 7.01. The first-order chi connectivity index (χ1) is 13.7. The molecule has 1 saturated carbocycles. The molecule has 2 N–H and O–H groups in total. The first kappa shape index (κ1) is 21.2. The van der Waals surface area contributed by atoms with Crippen LogP contribution in [0.5, 0.6) is 0 Å². The van der Waals surface area contributed by atoms with Gasteiger partial charge in [0.15, 0.2) is 11.8 Å². The average Bonchev–Trinajstić information content (AvgIpc) is 3.30. The van der Waals surface area contributed by atoms with Gasteiger partial charge in [0.25, 0.3) is 0 Å². The lowest BCUT2D eigenvalue weighted by molar-refractivity contribution is 0.559. The number of aromatic nitrogens is 3. The summed E-state index contributed by atoms with van der Waals surface area (Å²) >= 11 is 0. The van der Waals surface area contributed by atoms with Crippen LogP contribution >= 0.6 is 24.0 Å². The van der Waals surface area contributed by atoms with Crippen LogP contribution in [0.3, 0.4) is 0 Å². The maximum Gasteiger partial charge on any atom is 0.191 e. The van der Waals surface area contributed by atoms with Crippen molar-refractivity contribution in [3.05, 3.63) is 78.0 Å². The third-order valence-corrected chi connectivity index (χ3v) is 5.13. The molecule has 1 aliphatic rings. The van der Waals surface area contributed by atoms with Crippen molar-refractivity contribution in [3.8, 4) is 5.82 Å². The van der Waals surface area contributed by atoms with E-state index in [-0.39, 0.29) is 35.2 Å². The molecule has 0 spiro atoms. The fourth-order valence-corrected chi connectivity index (χ4v) is 3.34. The normalized spacial score (nSPS) is 14.8. The number of hydrogen-bond acceptors (Lipinski definition) is 3. The van der Waals surface area contributed by atoms with E-state index < -0.39 is 0 Å². The molecule has 2 aromatic heterocycles. The predicted molar refractivity (Wildman–Crippen MR) is 122 cm³/mol. The fourth-order valence-electron chi connectivity index (χ4n) is 3.34. The Morgan fingerprint density at radius 1 is 1.17 bits per heavy atom. The molecular formula is C21H24FIN6. The number of rotatable bonds is 6. The van der Waals surface area contributed by atoms with Crippen LogP contribution in [-0.2, 0) is 12.0 Å². The van der Waals surface area contributed by atoms with Crippen LogP contribution in [0.25, 0.3) is 5.82 Å². The van der Waals surface area contributed by atoms with Crippen molar-refractivity contribution >= 4 is 29.9 Å². The van der Waals surface area contributed by atoms with Crippen molar-refractivity contribution < 1.29 is 4.39 Å². The van der Waals surface area contributed by atoms with E-state index in [4.69, 9.17) is 0 Å². The number of pyridine rings is 1. The zero-order valence-corrected chi connectivity index (χ0v) is 18.5. The highest BCUT2D eigenvalue weighted by Crippen LogP contribution is 2.48. The topological polar surface area (TPSA) is 67.1 Å². The largest absolute Gasteiger partial charge is 0.356 e. The maximum absolute atomic E-state index is 14.2. The van der Waals surface area contributed by atoms with Crippen LogP contribution in [0.2, 0.25) is 0 Å². The van der Waals surface area contributed by atoms with Gasteiger partial charge in [-0.15, -0.1) is 24.0 Å². The van der Waals surface area contributed by atoms with Crippen molar-refractivity contribution in [1.82, 2.24) is 25.4 Å². The number of nitrogens with zero attached hydrogens (tertiary/aromatic N) is 4. The Labute approximate surface area is 186 Å². The molecule has 1 aromatic carbocycles. The van der Waals surface area contributed by atoms with Crippen molar-refractivity contribution in [3.63, 3.8) is 0 Å². The van der Waals surface area contributed by atoms with E-state index in [1.165, 1.54) is 6.07 Å². The van der Waals surface area contributed by atoms with Crippen LogP contribution in [0.1, 0.15) is 24.0 Å². The Kier molecular flexibility index (Phi) is 6.83. The van der Waals surface area contributed by atoms with E-state index in [9.17, 15) is 4.39 Å². The number of nitrogens with one attached hydrogen (secondary N) is 2. The molecule has 1 fully saturated rings. The Balaban J connectivity index is 0.00000240. The molecule has 0 aliphatic heterocycles. The van der Waals surface area contributed by atoms with Crippen LogP contribution in [0.15, 0.2) is 66.0 Å². The highest BCUT2D eigenvalue weighted by atomic mass is 127. The van der Waals surface area contributed by atoms with Crippen LogP contribution in [0.4, 0.5) is 4.39 Å². The van der Waals surface area contributed by atoms with Gasteiger partial charge >= 0.3 is 0 Å². The highest BCUT2D eigenvalue weighted by Gasteiger charge is 2.45. The lowest BCUT2D eigenvalue weighted by atomic mass is 9.95. The highest BCUT2D eigenvalue weighted by molar-refractivity contribution is 14.0. The van der Waals surface area contributed by atoms with Crippen molar-refractivity contribution in [2.24, 2.45) is 4.99 Å². The van der Waals surface area contributed by atoms with E-state index in [0.717, 1.165) is 29.8 Å². The van der Waals surface area contributed by atoms with Gasteiger partial charge in [-0.2, -0.15) is 5.10 Å². The monoisotopic (exact) mass is 506 g/mol. The summed E-state index contributed by atoms with van der Waals surface area (Å²) in [5.41, 5.74) is 1.72. The molecule has 0 bridgehead atoms. The summed E-state index contributed by atoms with van der Waals surface area (Å²) in [5.74, 6) is 1.33. The molecule has 4 rings (SSSR count). The average molecular weight is 506 g/mol. The zero-order chi connectivity index (χ0) is 19.4. The van der Waals surface area contributed by atoms with Crippen molar-refractivity contribution in [2.45, 2.75) is 24.8 Å². The van der Waals surface area contributed by atoms with Gasteiger partial charge in [0.05, 0.1) is 0 Å². The molecule has 0 atom stereocenters. The van der Waals surface area contributed by atoms with Gasteiger partial charge in [-0.1, -0.05) is 18.2 Å². The Morgan fingerprint density at radius 2 is 2.00 bits per heavy atom. The summed E-state index contributed by atoms with van der Waals surface area (Å²) in [5, 5.41) is 10.9. The van der Waals surface area contributed by atoms with E-state index in [2.05, 4.69) is 25.7 Å². The van der Waals surface area contributed by atoms with Crippen LogP contribution < -0.4 is 10.6 Å². The van der Waals surface area contributed by atoms with Crippen molar-refractivity contribution in [1.29, 1.82) is 0 Å². The molecule has 2 heterocycles. The minimum absolute atomic E-state index is 0. The molecular weight excluding hydrogens is 482 g/mol. The summed E-state index contributed by atoms with van der Waals surface area (Å²) in [6.07, 6.45) is 7.31. The number of hydrogen-bond donors (Lipinski definition) is 2.